The lowest BCUT2D eigenvalue weighted by Crippen LogP contribution is -2.30. The van der Waals surface area contributed by atoms with Gasteiger partial charge in [-0.15, -0.1) is 0 Å². The van der Waals surface area contributed by atoms with E-state index in [1.807, 2.05) is 35.2 Å². The summed E-state index contributed by atoms with van der Waals surface area (Å²) in [6.45, 7) is 7.09. The fraction of sp³-hybridized carbons (Fsp3) is 0.400. The van der Waals surface area contributed by atoms with Crippen molar-refractivity contribution in [1.29, 1.82) is 0 Å². The molecule has 0 saturated heterocycles. The highest BCUT2D eigenvalue weighted by Crippen LogP contribution is 2.29. The van der Waals surface area contributed by atoms with Crippen LogP contribution in [-0.2, 0) is 6.42 Å². The first-order valence-electron chi connectivity index (χ1n) is 8.85. The lowest BCUT2D eigenvalue weighted by Gasteiger charge is -2.24. The van der Waals surface area contributed by atoms with Crippen LogP contribution in [0.1, 0.15) is 42.7 Å². The van der Waals surface area contributed by atoms with Gasteiger partial charge in [0.2, 0.25) is 0 Å². The molecule has 0 unspecified atom stereocenters. The summed E-state index contributed by atoms with van der Waals surface area (Å²) >= 11 is 0. The number of hydrogen-bond acceptors (Lipinski definition) is 3. The van der Waals surface area contributed by atoms with Crippen LogP contribution < -0.4 is 9.80 Å². The van der Waals surface area contributed by atoms with E-state index in [4.69, 9.17) is 0 Å². The molecular formula is C20H25N3O. The van der Waals surface area contributed by atoms with E-state index in [0.29, 0.717) is 5.69 Å². The molecule has 0 saturated carbocycles. The van der Waals surface area contributed by atoms with Crippen molar-refractivity contribution in [3.63, 3.8) is 0 Å². The van der Waals surface area contributed by atoms with Crippen molar-refractivity contribution in [2.75, 3.05) is 29.4 Å². The number of fused-ring (bicyclic) bond motifs is 1. The molecule has 0 fully saturated rings. The molecule has 1 aromatic carbocycles. The Bertz CT molecular complexity index is 708. The molecule has 0 bridgehead atoms. The number of para-hydroxylation sites is 1. The van der Waals surface area contributed by atoms with E-state index in [1.54, 1.807) is 6.20 Å². The van der Waals surface area contributed by atoms with E-state index in [1.165, 1.54) is 5.56 Å². The average molecular weight is 323 g/mol. The number of pyridine rings is 1. The van der Waals surface area contributed by atoms with Crippen molar-refractivity contribution < 1.29 is 4.79 Å². The first-order valence-corrected chi connectivity index (χ1v) is 8.85. The number of carbonyl (C=O) groups is 1. The molecule has 2 aromatic rings. The van der Waals surface area contributed by atoms with E-state index in [2.05, 4.69) is 29.8 Å². The molecule has 0 aliphatic carbocycles. The summed E-state index contributed by atoms with van der Waals surface area (Å²) in [5.74, 6) is -0.00486. The number of anilines is 2. The minimum atomic E-state index is -0.00486. The van der Waals surface area contributed by atoms with Gasteiger partial charge in [0.15, 0.2) is 0 Å². The molecule has 2 heterocycles. The van der Waals surface area contributed by atoms with Gasteiger partial charge in [-0.3, -0.25) is 9.78 Å². The highest BCUT2D eigenvalue weighted by Gasteiger charge is 2.26. The summed E-state index contributed by atoms with van der Waals surface area (Å²) in [4.78, 5) is 21.5. The Labute approximate surface area is 144 Å². The fourth-order valence-electron chi connectivity index (χ4n) is 3.33. The van der Waals surface area contributed by atoms with Gasteiger partial charge in [-0.2, -0.15) is 0 Å². The maximum atomic E-state index is 12.9. The van der Waals surface area contributed by atoms with Gasteiger partial charge < -0.3 is 9.80 Å². The first-order chi connectivity index (χ1) is 11.7. The third kappa shape index (κ3) is 3.28. The molecule has 1 aliphatic heterocycles. The molecule has 0 atom stereocenters. The van der Waals surface area contributed by atoms with Gasteiger partial charge in [0.1, 0.15) is 5.69 Å². The Morgan fingerprint density at radius 2 is 1.92 bits per heavy atom. The van der Waals surface area contributed by atoms with Crippen molar-refractivity contribution >= 4 is 17.3 Å². The zero-order valence-corrected chi connectivity index (χ0v) is 14.5. The van der Waals surface area contributed by atoms with E-state index < -0.39 is 0 Å². The van der Waals surface area contributed by atoms with Crippen LogP contribution in [0.5, 0.6) is 0 Å². The third-order valence-electron chi connectivity index (χ3n) is 4.45. The normalized spacial score (nSPS) is 13.0. The largest absolute Gasteiger partial charge is 0.371 e. The summed E-state index contributed by atoms with van der Waals surface area (Å²) in [5.41, 5.74) is 3.88. The van der Waals surface area contributed by atoms with Crippen LogP contribution in [0.4, 0.5) is 11.4 Å². The Hall–Kier alpha value is -2.36. The van der Waals surface area contributed by atoms with Crippen molar-refractivity contribution in [3.05, 3.63) is 53.9 Å². The summed E-state index contributed by atoms with van der Waals surface area (Å²) in [5, 5.41) is 0. The second-order valence-corrected chi connectivity index (χ2v) is 6.22. The minimum Gasteiger partial charge on any atom is -0.371 e. The van der Waals surface area contributed by atoms with Crippen molar-refractivity contribution in [1.82, 2.24) is 4.98 Å². The summed E-state index contributed by atoms with van der Waals surface area (Å²) in [6.07, 6.45) is 4.85. The van der Waals surface area contributed by atoms with Crippen LogP contribution in [-0.4, -0.2) is 30.5 Å². The Morgan fingerprint density at radius 3 is 2.67 bits per heavy atom. The maximum Gasteiger partial charge on any atom is 0.276 e. The smallest absolute Gasteiger partial charge is 0.276 e. The van der Waals surface area contributed by atoms with Crippen LogP contribution in [0.3, 0.4) is 0 Å². The predicted molar refractivity (Wildman–Crippen MR) is 98.9 cm³/mol. The summed E-state index contributed by atoms with van der Waals surface area (Å²) in [6, 6.07) is 12.1. The number of aromatic nitrogens is 1. The van der Waals surface area contributed by atoms with Crippen LogP contribution in [0, 0.1) is 0 Å². The van der Waals surface area contributed by atoms with Gasteiger partial charge in [0, 0.05) is 37.2 Å². The SMILES string of the molecule is CCCN(CCC)c1ccnc(C(=O)N2CCc3ccccc32)c1. The zero-order valence-electron chi connectivity index (χ0n) is 14.5. The lowest BCUT2D eigenvalue weighted by molar-refractivity contribution is 0.0984. The van der Waals surface area contributed by atoms with Crippen LogP contribution in [0.2, 0.25) is 0 Å². The van der Waals surface area contributed by atoms with Gasteiger partial charge in [-0.1, -0.05) is 32.0 Å². The number of benzene rings is 1. The second-order valence-electron chi connectivity index (χ2n) is 6.22. The standard InChI is InChI=1S/C20H25N3O/c1-3-12-22(13-4-2)17-9-11-21-18(15-17)20(24)23-14-10-16-7-5-6-8-19(16)23/h5-9,11,15H,3-4,10,12-14H2,1-2H3. The van der Waals surface area contributed by atoms with Crippen LogP contribution >= 0.6 is 0 Å². The highest BCUT2D eigenvalue weighted by molar-refractivity contribution is 6.06. The molecule has 4 heteroatoms. The predicted octanol–water partition coefficient (Wildman–Crippen LogP) is 3.91. The zero-order chi connectivity index (χ0) is 16.9. The topological polar surface area (TPSA) is 36.4 Å². The number of hydrogen-bond donors (Lipinski definition) is 0. The Balaban J connectivity index is 1.85. The van der Waals surface area contributed by atoms with Crippen molar-refractivity contribution in [3.8, 4) is 0 Å². The monoisotopic (exact) mass is 323 g/mol. The van der Waals surface area contributed by atoms with Gasteiger partial charge in [-0.25, -0.2) is 0 Å². The molecule has 1 aliphatic rings. The molecule has 3 rings (SSSR count). The number of rotatable bonds is 6. The average Bonchev–Trinajstić information content (AvgIpc) is 3.05. The molecular weight excluding hydrogens is 298 g/mol. The van der Waals surface area contributed by atoms with E-state index >= 15 is 0 Å². The quantitative estimate of drug-likeness (QED) is 0.808. The van der Waals surface area contributed by atoms with Gasteiger partial charge in [0.05, 0.1) is 0 Å². The van der Waals surface area contributed by atoms with E-state index in [9.17, 15) is 4.79 Å². The molecule has 0 spiro atoms. The number of carbonyl (C=O) groups excluding carboxylic acids is 1. The summed E-state index contributed by atoms with van der Waals surface area (Å²) < 4.78 is 0. The van der Waals surface area contributed by atoms with Gasteiger partial charge in [0.25, 0.3) is 5.91 Å². The Morgan fingerprint density at radius 1 is 1.17 bits per heavy atom. The van der Waals surface area contributed by atoms with Crippen molar-refractivity contribution in [2.24, 2.45) is 0 Å². The van der Waals surface area contributed by atoms with E-state index in [-0.39, 0.29) is 5.91 Å². The van der Waals surface area contributed by atoms with Crippen LogP contribution in [0.25, 0.3) is 0 Å². The van der Waals surface area contributed by atoms with Gasteiger partial charge in [-0.05, 0) is 43.0 Å². The fourth-order valence-corrected chi connectivity index (χ4v) is 3.33. The number of amides is 1. The van der Waals surface area contributed by atoms with Crippen LogP contribution in [0.15, 0.2) is 42.6 Å². The molecule has 24 heavy (non-hydrogen) atoms. The molecule has 4 nitrogen and oxygen atoms in total. The first kappa shape index (κ1) is 16.5. The Kier molecular flexibility index (Phi) is 5.14. The lowest BCUT2D eigenvalue weighted by atomic mass is 10.2. The molecule has 126 valence electrons. The minimum absolute atomic E-state index is 0.00486. The molecule has 1 aromatic heterocycles. The molecule has 0 radical (unpaired) electrons. The van der Waals surface area contributed by atoms with Crippen molar-refractivity contribution in [2.45, 2.75) is 33.1 Å². The van der Waals surface area contributed by atoms with E-state index in [0.717, 1.165) is 50.3 Å². The second kappa shape index (κ2) is 7.47. The summed E-state index contributed by atoms with van der Waals surface area (Å²) in [7, 11) is 0. The van der Waals surface area contributed by atoms with Gasteiger partial charge >= 0.3 is 0 Å². The third-order valence-corrected chi connectivity index (χ3v) is 4.45. The maximum absolute atomic E-state index is 12.9. The number of nitrogens with zero attached hydrogens (tertiary/aromatic N) is 3. The molecule has 1 amide bonds. The molecule has 0 N–H and O–H groups in total. The highest BCUT2D eigenvalue weighted by atomic mass is 16.2.